The van der Waals surface area contributed by atoms with Crippen LogP contribution in [0.3, 0.4) is 0 Å². The van der Waals surface area contributed by atoms with Gasteiger partial charge < -0.3 is 10.0 Å². The van der Waals surface area contributed by atoms with Crippen LogP contribution in [-0.4, -0.2) is 40.0 Å². The minimum atomic E-state index is -0.761. The van der Waals surface area contributed by atoms with E-state index in [1.807, 2.05) is 0 Å². The molecule has 1 N–H and O–H groups in total. The zero-order chi connectivity index (χ0) is 13.8. The van der Waals surface area contributed by atoms with Gasteiger partial charge in [0.1, 0.15) is 4.60 Å². The molecule has 1 saturated heterocycles. The Hall–Kier alpha value is -1.43. The van der Waals surface area contributed by atoms with Crippen LogP contribution < -0.4 is 0 Å². The van der Waals surface area contributed by atoms with Crippen LogP contribution in [0.5, 0.6) is 0 Å². The molecule has 102 valence electrons. The summed E-state index contributed by atoms with van der Waals surface area (Å²) in [6.45, 7) is 1.24. The van der Waals surface area contributed by atoms with Gasteiger partial charge in [0.15, 0.2) is 0 Å². The molecule has 6 heteroatoms. The van der Waals surface area contributed by atoms with E-state index in [1.54, 1.807) is 23.2 Å². The van der Waals surface area contributed by atoms with E-state index in [-0.39, 0.29) is 18.2 Å². The lowest BCUT2D eigenvalue weighted by Gasteiger charge is -2.31. The summed E-state index contributed by atoms with van der Waals surface area (Å²) in [5, 5.41) is 8.76. The highest BCUT2D eigenvalue weighted by Crippen LogP contribution is 2.22. The Balaban J connectivity index is 1.94. The summed E-state index contributed by atoms with van der Waals surface area (Å²) in [6, 6.07) is 3.39. The molecule has 1 amide bonds. The summed E-state index contributed by atoms with van der Waals surface area (Å²) >= 11 is 3.24. The highest BCUT2D eigenvalue weighted by Gasteiger charge is 2.25. The lowest BCUT2D eigenvalue weighted by molar-refractivity contribution is -0.138. The number of pyridine rings is 1. The second-order valence-corrected chi connectivity index (χ2v) is 5.51. The molecule has 0 aromatic carbocycles. The van der Waals surface area contributed by atoms with E-state index in [0.717, 1.165) is 12.8 Å². The first-order valence-corrected chi connectivity index (χ1v) is 6.98. The van der Waals surface area contributed by atoms with Crippen LogP contribution in [0.15, 0.2) is 22.9 Å². The Morgan fingerprint density at radius 3 is 2.68 bits per heavy atom. The molecule has 0 saturated carbocycles. The Morgan fingerprint density at radius 2 is 2.11 bits per heavy atom. The fourth-order valence-corrected chi connectivity index (χ4v) is 2.67. The minimum absolute atomic E-state index is 0.0168. The molecular weight excluding hydrogens is 312 g/mol. The van der Waals surface area contributed by atoms with E-state index >= 15 is 0 Å². The third kappa shape index (κ3) is 3.76. The predicted octanol–water partition coefficient (Wildman–Crippen LogP) is 2.17. The maximum atomic E-state index is 12.2. The summed E-state index contributed by atoms with van der Waals surface area (Å²) in [7, 11) is 0. The molecular formula is C13H15BrN2O3. The van der Waals surface area contributed by atoms with Gasteiger partial charge in [-0.15, -0.1) is 0 Å². The predicted molar refractivity (Wildman–Crippen MR) is 72.8 cm³/mol. The monoisotopic (exact) mass is 326 g/mol. The van der Waals surface area contributed by atoms with Crippen LogP contribution in [0.4, 0.5) is 0 Å². The SMILES string of the molecule is O=C(O)CC1CCN(C(=O)c2ccnc(Br)c2)CC1. The number of aromatic nitrogens is 1. The molecule has 0 atom stereocenters. The normalized spacial score (nSPS) is 16.4. The van der Waals surface area contributed by atoms with Crippen molar-refractivity contribution in [3.63, 3.8) is 0 Å². The second-order valence-electron chi connectivity index (χ2n) is 4.70. The van der Waals surface area contributed by atoms with Gasteiger partial charge >= 0.3 is 5.97 Å². The van der Waals surface area contributed by atoms with Crippen LogP contribution in [-0.2, 0) is 4.79 Å². The second kappa shape index (κ2) is 6.14. The quantitative estimate of drug-likeness (QED) is 0.864. The first-order chi connectivity index (χ1) is 9.06. The smallest absolute Gasteiger partial charge is 0.303 e. The Kier molecular flexibility index (Phi) is 4.52. The number of amides is 1. The molecule has 0 bridgehead atoms. The molecule has 1 aromatic rings. The molecule has 5 nitrogen and oxygen atoms in total. The van der Waals surface area contributed by atoms with Gasteiger partial charge in [-0.25, -0.2) is 4.98 Å². The van der Waals surface area contributed by atoms with Crippen molar-refractivity contribution in [1.29, 1.82) is 0 Å². The van der Waals surface area contributed by atoms with Gasteiger partial charge in [0, 0.05) is 31.3 Å². The van der Waals surface area contributed by atoms with Crippen molar-refractivity contribution in [3.8, 4) is 0 Å². The zero-order valence-corrected chi connectivity index (χ0v) is 12.0. The van der Waals surface area contributed by atoms with Crippen molar-refractivity contribution in [2.45, 2.75) is 19.3 Å². The molecule has 1 aliphatic heterocycles. The zero-order valence-electron chi connectivity index (χ0n) is 10.4. The third-order valence-corrected chi connectivity index (χ3v) is 3.77. The molecule has 0 radical (unpaired) electrons. The standard InChI is InChI=1S/C13H15BrN2O3/c14-11-8-10(1-4-15-11)13(19)16-5-2-9(3-6-16)7-12(17)18/h1,4,8-9H,2-3,5-7H2,(H,17,18). The number of carboxylic acid groups (broad SMARTS) is 1. The number of likely N-dealkylation sites (tertiary alicyclic amines) is 1. The molecule has 2 heterocycles. The minimum Gasteiger partial charge on any atom is -0.481 e. The number of aliphatic carboxylic acids is 1. The highest BCUT2D eigenvalue weighted by molar-refractivity contribution is 9.10. The molecule has 1 fully saturated rings. The van der Waals surface area contributed by atoms with Crippen molar-refractivity contribution >= 4 is 27.8 Å². The summed E-state index contributed by atoms with van der Waals surface area (Å²) in [5.74, 6) is -0.592. The molecule has 1 aromatic heterocycles. The lowest BCUT2D eigenvalue weighted by atomic mass is 9.93. The first kappa shape index (κ1) is 14.0. The number of hydrogen-bond donors (Lipinski definition) is 1. The van der Waals surface area contributed by atoms with E-state index in [4.69, 9.17) is 5.11 Å². The van der Waals surface area contributed by atoms with Crippen LogP contribution >= 0.6 is 15.9 Å². The van der Waals surface area contributed by atoms with E-state index in [9.17, 15) is 9.59 Å². The number of rotatable bonds is 3. The Labute approximate surface area is 119 Å². The van der Waals surface area contributed by atoms with Crippen LogP contribution in [0, 0.1) is 5.92 Å². The number of carbonyl (C=O) groups is 2. The number of piperidine rings is 1. The first-order valence-electron chi connectivity index (χ1n) is 6.19. The summed E-state index contributed by atoms with van der Waals surface area (Å²) in [4.78, 5) is 28.7. The third-order valence-electron chi connectivity index (χ3n) is 3.34. The molecule has 0 unspecified atom stereocenters. The largest absolute Gasteiger partial charge is 0.481 e. The van der Waals surface area contributed by atoms with Gasteiger partial charge in [-0.05, 0) is 46.8 Å². The molecule has 2 rings (SSSR count). The summed E-state index contributed by atoms with van der Waals surface area (Å²) in [5.41, 5.74) is 0.610. The van der Waals surface area contributed by atoms with Crippen LogP contribution in [0.1, 0.15) is 29.6 Å². The topological polar surface area (TPSA) is 70.5 Å². The maximum Gasteiger partial charge on any atom is 0.303 e. The van der Waals surface area contributed by atoms with E-state index < -0.39 is 5.97 Å². The van der Waals surface area contributed by atoms with Gasteiger partial charge in [-0.3, -0.25) is 9.59 Å². The lowest BCUT2D eigenvalue weighted by Crippen LogP contribution is -2.38. The Bertz CT molecular complexity index is 485. The number of carbonyl (C=O) groups excluding carboxylic acids is 1. The number of hydrogen-bond acceptors (Lipinski definition) is 3. The average molecular weight is 327 g/mol. The van der Waals surface area contributed by atoms with Crippen LogP contribution in [0.2, 0.25) is 0 Å². The van der Waals surface area contributed by atoms with Crippen molar-refractivity contribution < 1.29 is 14.7 Å². The summed E-state index contributed by atoms with van der Waals surface area (Å²) < 4.78 is 0.638. The summed E-state index contributed by atoms with van der Waals surface area (Å²) in [6.07, 6.45) is 3.30. The molecule has 1 aliphatic rings. The number of carboxylic acids is 1. The average Bonchev–Trinajstić information content (AvgIpc) is 2.38. The van der Waals surface area contributed by atoms with Crippen molar-refractivity contribution in [2.75, 3.05) is 13.1 Å². The van der Waals surface area contributed by atoms with Gasteiger partial charge in [0.05, 0.1) is 0 Å². The molecule has 0 spiro atoms. The highest BCUT2D eigenvalue weighted by atomic mass is 79.9. The van der Waals surface area contributed by atoms with Gasteiger partial charge in [0.2, 0.25) is 0 Å². The Morgan fingerprint density at radius 1 is 1.42 bits per heavy atom. The number of halogens is 1. The van der Waals surface area contributed by atoms with Gasteiger partial charge in [-0.2, -0.15) is 0 Å². The molecule has 0 aliphatic carbocycles. The van der Waals surface area contributed by atoms with Gasteiger partial charge in [0.25, 0.3) is 5.91 Å². The molecule has 19 heavy (non-hydrogen) atoms. The fraction of sp³-hybridized carbons (Fsp3) is 0.462. The number of nitrogens with zero attached hydrogens (tertiary/aromatic N) is 2. The van der Waals surface area contributed by atoms with Crippen molar-refractivity contribution in [3.05, 3.63) is 28.5 Å². The maximum absolute atomic E-state index is 12.2. The van der Waals surface area contributed by atoms with Crippen LogP contribution in [0.25, 0.3) is 0 Å². The van der Waals surface area contributed by atoms with E-state index in [0.29, 0.717) is 23.3 Å². The van der Waals surface area contributed by atoms with E-state index in [2.05, 4.69) is 20.9 Å². The van der Waals surface area contributed by atoms with Crippen molar-refractivity contribution in [2.24, 2.45) is 5.92 Å². The van der Waals surface area contributed by atoms with Gasteiger partial charge in [-0.1, -0.05) is 0 Å². The van der Waals surface area contributed by atoms with E-state index in [1.165, 1.54) is 0 Å². The van der Waals surface area contributed by atoms with Crippen molar-refractivity contribution in [1.82, 2.24) is 9.88 Å². The fourth-order valence-electron chi connectivity index (χ4n) is 2.31.